The zero-order chi connectivity index (χ0) is 25.9. The molecule has 4 aromatic carbocycles. The van der Waals surface area contributed by atoms with Gasteiger partial charge in [-0.15, -0.1) is 16.4 Å². The van der Waals surface area contributed by atoms with Crippen molar-refractivity contribution in [3.8, 4) is 34.0 Å². The molecule has 0 spiro atoms. The van der Waals surface area contributed by atoms with Gasteiger partial charge < -0.3 is 4.74 Å². The molecule has 0 aliphatic heterocycles. The van der Waals surface area contributed by atoms with Gasteiger partial charge in [-0.05, 0) is 66.6 Å². The summed E-state index contributed by atoms with van der Waals surface area (Å²) in [6.45, 7) is 2.09. The van der Waals surface area contributed by atoms with Crippen LogP contribution in [0.25, 0.3) is 39.2 Å². The van der Waals surface area contributed by atoms with E-state index in [1.807, 2.05) is 66.7 Å². The number of ether oxygens (including phenoxy) is 1. The summed E-state index contributed by atoms with van der Waals surface area (Å²) in [7, 11) is 1.68. The monoisotopic (exact) mass is 515 g/mol. The van der Waals surface area contributed by atoms with Crippen molar-refractivity contribution < 1.29 is 4.74 Å². The van der Waals surface area contributed by atoms with Crippen molar-refractivity contribution in [1.82, 2.24) is 14.5 Å². The minimum absolute atomic E-state index is 0.602. The first-order chi connectivity index (χ1) is 18.7. The highest BCUT2D eigenvalue weighted by Crippen LogP contribution is 2.28. The third-order valence-corrected chi connectivity index (χ3v) is 7.05. The van der Waals surface area contributed by atoms with Crippen LogP contribution in [0.1, 0.15) is 5.56 Å². The zero-order valence-corrected chi connectivity index (χ0v) is 21.8. The zero-order valence-electron chi connectivity index (χ0n) is 21.0. The molecule has 0 unspecified atom stereocenters. The molecule has 6 aromatic rings. The Morgan fingerprint density at radius 1 is 0.789 bits per heavy atom. The summed E-state index contributed by atoms with van der Waals surface area (Å²) in [5, 5.41) is 6.98. The van der Waals surface area contributed by atoms with Crippen molar-refractivity contribution in [3.63, 3.8) is 0 Å². The first-order valence-electron chi connectivity index (χ1n) is 12.2. The van der Waals surface area contributed by atoms with Crippen LogP contribution in [0.15, 0.2) is 114 Å². The van der Waals surface area contributed by atoms with Crippen molar-refractivity contribution in [2.75, 3.05) is 12.5 Å². The molecule has 0 amide bonds. The molecule has 0 bridgehead atoms. The smallest absolute Gasteiger partial charge is 0.213 e. The van der Waals surface area contributed by atoms with Gasteiger partial charge in [0.05, 0.1) is 23.8 Å². The van der Waals surface area contributed by atoms with Gasteiger partial charge in [0.15, 0.2) is 5.82 Å². The van der Waals surface area contributed by atoms with E-state index in [0.717, 1.165) is 49.8 Å². The largest absolute Gasteiger partial charge is 0.497 e. The van der Waals surface area contributed by atoms with Crippen LogP contribution in [0.4, 0.5) is 5.82 Å². The van der Waals surface area contributed by atoms with Gasteiger partial charge in [0.2, 0.25) is 4.80 Å². The molecular formula is C31H25N5OS. The lowest BCUT2D eigenvalue weighted by Gasteiger charge is -2.12. The first kappa shape index (κ1) is 23.6. The summed E-state index contributed by atoms with van der Waals surface area (Å²) in [4.78, 5) is 10.6. The second-order valence-electron chi connectivity index (χ2n) is 8.81. The van der Waals surface area contributed by atoms with Crippen LogP contribution in [0.2, 0.25) is 0 Å². The highest BCUT2D eigenvalue weighted by atomic mass is 32.1. The molecule has 7 heteroatoms. The fraction of sp³-hybridized carbons (Fsp3) is 0.0645. The number of hydrogen-bond acceptors (Lipinski definition) is 6. The minimum atomic E-state index is 0.602. The van der Waals surface area contributed by atoms with Gasteiger partial charge >= 0.3 is 0 Å². The third kappa shape index (κ3) is 4.67. The number of nitrogens with one attached hydrogen (secondary N) is 1. The van der Waals surface area contributed by atoms with Crippen LogP contribution < -0.4 is 15.0 Å². The van der Waals surface area contributed by atoms with Crippen molar-refractivity contribution in [2.24, 2.45) is 5.10 Å². The van der Waals surface area contributed by atoms with Crippen molar-refractivity contribution in [2.45, 2.75) is 6.92 Å². The van der Waals surface area contributed by atoms with Gasteiger partial charge in [-0.1, -0.05) is 54.6 Å². The van der Waals surface area contributed by atoms with Gasteiger partial charge in [0.1, 0.15) is 11.4 Å². The van der Waals surface area contributed by atoms with Crippen molar-refractivity contribution in [3.05, 3.63) is 119 Å². The Morgan fingerprint density at radius 2 is 1.53 bits per heavy atom. The molecule has 0 aliphatic carbocycles. The highest BCUT2D eigenvalue weighted by molar-refractivity contribution is 7.07. The fourth-order valence-electron chi connectivity index (χ4n) is 4.34. The number of hydrogen-bond donors (Lipinski definition) is 1. The predicted molar refractivity (Wildman–Crippen MR) is 155 cm³/mol. The molecule has 186 valence electrons. The maximum atomic E-state index is 5.36. The molecular weight excluding hydrogens is 490 g/mol. The average Bonchev–Trinajstić information content (AvgIpc) is 3.40. The summed E-state index contributed by atoms with van der Waals surface area (Å²) in [6.07, 6.45) is 0. The quantitative estimate of drug-likeness (QED) is 0.241. The maximum Gasteiger partial charge on any atom is 0.213 e. The number of benzene rings is 4. The Hall–Kier alpha value is -4.75. The summed E-state index contributed by atoms with van der Waals surface area (Å²) in [6, 6.07) is 34.4. The Morgan fingerprint density at radius 3 is 2.26 bits per heavy atom. The molecule has 0 radical (unpaired) electrons. The Bertz CT molecular complexity index is 1790. The van der Waals surface area contributed by atoms with Gasteiger partial charge in [-0.25, -0.2) is 9.97 Å². The van der Waals surface area contributed by atoms with E-state index in [2.05, 4.69) is 58.7 Å². The van der Waals surface area contributed by atoms with Crippen LogP contribution >= 0.6 is 11.3 Å². The maximum absolute atomic E-state index is 5.36. The number of thiazole rings is 1. The van der Waals surface area contributed by atoms with Crippen LogP contribution in [0.5, 0.6) is 5.75 Å². The van der Waals surface area contributed by atoms with Crippen LogP contribution in [-0.4, -0.2) is 21.6 Å². The predicted octanol–water partition coefficient (Wildman–Crippen LogP) is 7.06. The topological polar surface area (TPSA) is 64.3 Å². The lowest BCUT2D eigenvalue weighted by atomic mass is 10.1. The molecule has 0 aliphatic rings. The molecule has 6 rings (SSSR count). The molecule has 0 atom stereocenters. The van der Waals surface area contributed by atoms with E-state index in [1.54, 1.807) is 18.4 Å². The summed E-state index contributed by atoms with van der Waals surface area (Å²) < 4.78 is 7.52. The molecule has 2 aromatic heterocycles. The summed E-state index contributed by atoms with van der Waals surface area (Å²) in [5.41, 5.74) is 10.9. The number of rotatable bonds is 6. The number of aromatic nitrogens is 3. The van der Waals surface area contributed by atoms with Gasteiger partial charge in [0, 0.05) is 16.6 Å². The van der Waals surface area contributed by atoms with Gasteiger partial charge in [-0.3, -0.25) is 9.99 Å². The second kappa shape index (κ2) is 10.3. The minimum Gasteiger partial charge on any atom is -0.497 e. The van der Waals surface area contributed by atoms with Gasteiger partial charge in [0.25, 0.3) is 0 Å². The summed E-state index contributed by atoms with van der Waals surface area (Å²) >= 11 is 1.56. The molecule has 38 heavy (non-hydrogen) atoms. The van der Waals surface area contributed by atoms with Crippen LogP contribution in [0.3, 0.4) is 0 Å². The first-order valence-corrected chi connectivity index (χ1v) is 13.1. The standard InChI is InChI=1S/C31H25N5OS/c1-21-9-8-12-24(19-21)36-28(22-15-17-25(37-2)18-16-22)20-38-31(36)35-34-30-29(23-10-4-3-5-11-23)32-26-13-6-7-14-27(26)33-30/h3-20H,1-2H3,(H,33,34)/b35-31+. The highest BCUT2D eigenvalue weighted by Gasteiger charge is 2.13. The second-order valence-corrected chi connectivity index (χ2v) is 9.64. The number of aryl methyl sites for hydroxylation is 1. The molecule has 0 fully saturated rings. The van der Waals surface area contributed by atoms with Crippen LogP contribution in [-0.2, 0) is 0 Å². The van der Waals surface area contributed by atoms with Crippen molar-refractivity contribution >= 4 is 28.2 Å². The lowest BCUT2D eigenvalue weighted by Crippen LogP contribution is -2.16. The van der Waals surface area contributed by atoms with Crippen LogP contribution in [0, 0.1) is 6.92 Å². The Balaban J connectivity index is 1.50. The SMILES string of the molecule is COc1ccc(-c2cs/c(=N/Nc3nc4ccccc4nc3-c3ccccc3)n2-c2cccc(C)c2)cc1. The molecule has 6 nitrogen and oxygen atoms in total. The normalized spacial score (nSPS) is 11.6. The van der Waals surface area contributed by atoms with E-state index >= 15 is 0 Å². The number of nitrogens with zero attached hydrogens (tertiary/aromatic N) is 4. The lowest BCUT2D eigenvalue weighted by molar-refractivity contribution is 0.415. The number of anilines is 1. The molecule has 1 N–H and O–H groups in total. The molecule has 2 heterocycles. The van der Waals surface area contributed by atoms with E-state index < -0.39 is 0 Å². The van der Waals surface area contributed by atoms with E-state index in [0.29, 0.717) is 5.82 Å². The van der Waals surface area contributed by atoms with E-state index in [1.165, 1.54) is 5.56 Å². The van der Waals surface area contributed by atoms with E-state index in [9.17, 15) is 0 Å². The number of methoxy groups -OCH3 is 1. The molecule has 0 saturated carbocycles. The number of para-hydroxylation sites is 2. The van der Waals surface area contributed by atoms with E-state index in [4.69, 9.17) is 19.8 Å². The molecule has 0 saturated heterocycles. The fourth-order valence-corrected chi connectivity index (χ4v) is 5.21. The Kier molecular flexibility index (Phi) is 6.42. The number of fused-ring (bicyclic) bond motifs is 1. The van der Waals surface area contributed by atoms with Gasteiger partial charge in [-0.2, -0.15) is 0 Å². The Labute approximate surface area is 224 Å². The van der Waals surface area contributed by atoms with Crippen molar-refractivity contribution in [1.29, 1.82) is 0 Å². The average molecular weight is 516 g/mol. The third-order valence-electron chi connectivity index (χ3n) is 6.23. The summed E-state index contributed by atoms with van der Waals surface area (Å²) in [5.74, 6) is 1.42. The van der Waals surface area contributed by atoms with E-state index in [-0.39, 0.29) is 0 Å².